The molecule has 142 valence electrons. The van der Waals surface area contributed by atoms with Crippen molar-refractivity contribution in [3.63, 3.8) is 0 Å². The summed E-state index contributed by atoms with van der Waals surface area (Å²) < 4.78 is 25.7. The van der Waals surface area contributed by atoms with Crippen LogP contribution in [-0.4, -0.2) is 44.4 Å². The fraction of sp³-hybridized carbons (Fsp3) is 0.118. The van der Waals surface area contributed by atoms with Crippen LogP contribution in [0.25, 0.3) is 0 Å². The van der Waals surface area contributed by atoms with E-state index >= 15 is 0 Å². The molecule has 0 aliphatic heterocycles. The van der Waals surface area contributed by atoms with Crippen LogP contribution in [0, 0.1) is 0 Å². The molecule has 10 heteroatoms. The minimum atomic E-state index is -3.68. The number of nitrogens with zero attached hydrogens (tertiary/aromatic N) is 2. The van der Waals surface area contributed by atoms with Crippen molar-refractivity contribution < 1.29 is 23.1 Å². The van der Waals surface area contributed by atoms with Gasteiger partial charge in [-0.15, -0.1) is 0 Å². The molecule has 2 aromatic rings. The molecule has 0 radical (unpaired) electrons. The van der Waals surface area contributed by atoms with E-state index in [2.05, 4.69) is 26.5 Å². The van der Waals surface area contributed by atoms with Gasteiger partial charge in [0, 0.05) is 4.47 Å². The average Bonchev–Trinajstić information content (AvgIpc) is 2.59. The molecule has 2 aromatic carbocycles. The summed E-state index contributed by atoms with van der Waals surface area (Å²) in [6, 6.07) is 12.4. The van der Waals surface area contributed by atoms with Gasteiger partial charge < -0.3 is 5.11 Å². The zero-order valence-corrected chi connectivity index (χ0v) is 16.6. The van der Waals surface area contributed by atoms with Crippen molar-refractivity contribution in [1.82, 2.24) is 5.43 Å². The first kappa shape index (κ1) is 20.6. The number of carboxylic acid groups (broad SMARTS) is 1. The van der Waals surface area contributed by atoms with Crippen molar-refractivity contribution in [3.05, 3.63) is 64.1 Å². The number of hydrogen-bond donors (Lipinski definition) is 2. The molecular formula is C17H16BrN3O5S. The van der Waals surface area contributed by atoms with Gasteiger partial charge in [-0.2, -0.15) is 5.10 Å². The van der Waals surface area contributed by atoms with Crippen molar-refractivity contribution in [2.75, 3.05) is 17.1 Å². The van der Waals surface area contributed by atoms with Gasteiger partial charge in [-0.3, -0.25) is 9.10 Å². The molecule has 0 aliphatic carbocycles. The van der Waals surface area contributed by atoms with Gasteiger partial charge in [-0.05, 0) is 35.9 Å². The fourth-order valence-electron chi connectivity index (χ4n) is 2.09. The molecule has 2 rings (SSSR count). The molecule has 0 bridgehead atoms. The smallest absolute Gasteiger partial charge is 0.335 e. The third-order valence-electron chi connectivity index (χ3n) is 3.34. The Balaban J connectivity index is 2.04. The number of rotatable bonds is 7. The van der Waals surface area contributed by atoms with Crippen LogP contribution in [0.4, 0.5) is 5.69 Å². The summed E-state index contributed by atoms with van der Waals surface area (Å²) in [5.41, 5.74) is 3.30. The molecule has 0 fully saturated rings. The number of nitrogens with one attached hydrogen (secondary N) is 1. The second kappa shape index (κ2) is 8.78. The molecule has 0 aromatic heterocycles. The molecule has 0 saturated heterocycles. The van der Waals surface area contributed by atoms with Gasteiger partial charge in [-0.1, -0.05) is 34.1 Å². The quantitative estimate of drug-likeness (QED) is 0.491. The number of sulfonamides is 1. The summed E-state index contributed by atoms with van der Waals surface area (Å²) >= 11 is 3.26. The van der Waals surface area contributed by atoms with E-state index < -0.39 is 28.4 Å². The normalized spacial score (nSPS) is 11.3. The number of anilines is 1. The Labute approximate surface area is 164 Å². The highest BCUT2D eigenvalue weighted by atomic mass is 79.9. The molecule has 0 atom stereocenters. The first-order chi connectivity index (χ1) is 12.7. The molecule has 2 N–H and O–H groups in total. The lowest BCUT2D eigenvalue weighted by atomic mass is 10.1. The average molecular weight is 454 g/mol. The van der Waals surface area contributed by atoms with Gasteiger partial charge >= 0.3 is 5.97 Å². The number of carbonyl (C=O) groups excluding carboxylic acids is 1. The Bertz CT molecular complexity index is 974. The molecule has 0 saturated carbocycles. The van der Waals surface area contributed by atoms with E-state index in [1.165, 1.54) is 30.5 Å². The van der Waals surface area contributed by atoms with Crippen LogP contribution in [-0.2, 0) is 14.8 Å². The van der Waals surface area contributed by atoms with Crippen molar-refractivity contribution in [2.45, 2.75) is 0 Å². The number of carbonyl (C=O) groups is 2. The van der Waals surface area contributed by atoms with Gasteiger partial charge in [-0.25, -0.2) is 18.6 Å². The van der Waals surface area contributed by atoms with E-state index in [1.54, 1.807) is 24.3 Å². The molecule has 0 unspecified atom stereocenters. The van der Waals surface area contributed by atoms with Crippen LogP contribution in [0.3, 0.4) is 0 Å². The van der Waals surface area contributed by atoms with Crippen LogP contribution in [0.1, 0.15) is 15.9 Å². The summed E-state index contributed by atoms with van der Waals surface area (Å²) in [5.74, 6) is -1.67. The van der Waals surface area contributed by atoms with E-state index in [0.717, 1.165) is 10.6 Å². The first-order valence-corrected chi connectivity index (χ1v) is 10.2. The Hall–Kier alpha value is -2.72. The zero-order chi connectivity index (χ0) is 20.0. The first-order valence-electron chi connectivity index (χ1n) is 7.55. The second-order valence-electron chi connectivity index (χ2n) is 5.47. The summed E-state index contributed by atoms with van der Waals surface area (Å²) in [7, 11) is -3.68. The number of hydrogen-bond acceptors (Lipinski definition) is 5. The summed E-state index contributed by atoms with van der Waals surface area (Å²) in [6.07, 6.45) is 2.34. The SMILES string of the molecule is CS(=O)(=O)N(CC(=O)N/N=C/c1ccc(C(=O)O)cc1)c1cccc(Br)c1. The molecule has 27 heavy (non-hydrogen) atoms. The third kappa shape index (κ3) is 6.19. The van der Waals surface area contributed by atoms with Crippen molar-refractivity contribution >= 4 is 49.7 Å². The lowest BCUT2D eigenvalue weighted by Gasteiger charge is -2.21. The zero-order valence-electron chi connectivity index (χ0n) is 14.2. The lowest BCUT2D eigenvalue weighted by molar-refractivity contribution is -0.119. The maximum absolute atomic E-state index is 12.1. The number of benzene rings is 2. The monoisotopic (exact) mass is 453 g/mol. The highest BCUT2D eigenvalue weighted by Crippen LogP contribution is 2.21. The van der Waals surface area contributed by atoms with E-state index in [-0.39, 0.29) is 5.56 Å². The Kier molecular flexibility index (Phi) is 6.70. The second-order valence-corrected chi connectivity index (χ2v) is 8.29. The number of halogens is 1. The number of hydrazone groups is 1. The van der Waals surface area contributed by atoms with E-state index in [1.807, 2.05) is 0 Å². The summed E-state index contributed by atoms with van der Waals surface area (Å²) in [6.45, 7) is -0.440. The largest absolute Gasteiger partial charge is 0.478 e. The van der Waals surface area contributed by atoms with Crippen LogP contribution in [0.15, 0.2) is 58.1 Å². The molecule has 0 aliphatic rings. The van der Waals surface area contributed by atoms with Crippen molar-refractivity contribution in [2.24, 2.45) is 5.10 Å². The highest BCUT2D eigenvalue weighted by Gasteiger charge is 2.20. The summed E-state index contributed by atoms with van der Waals surface area (Å²) in [4.78, 5) is 22.9. The lowest BCUT2D eigenvalue weighted by Crippen LogP contribution is -2.39. The van der Waals surface area contributed by atoms with E-state index in [0.29, 0.717) is 15.7 Å². The van der Waals surface area contributed by atoms with Gasteiger partial charge in [0.2, 0.25) is 10.0 Å². The maximum atomic E-state index is 12.1. The van der Waals surface area contributed by atoms with Gasteiger partial charge in [0.15, 0.2) is 0 Å². The predicted molar refractivity (Wildman–Crippen MR) is 105 cm³/mol. The minimum Gasteiger partial charge on any atom is -0.478 e. The highest BCUT2D eigenvalue weighted by molar-refractivity contribution is 9.10. The van der Waals surface area contributed by atoms with Gasteiger partial charge in [0.25, 0.3) is 5.91 Å². The van der Waals surface area contributed by atoms with E-state index in [4.69, 9.17) is 5.11 Å². The van der Waals surface area contributed by atoms with Crippen LogP contribution < -0.4 is 9.73 Å². The minimum absolute atomic E-state index is 0.133. The molecule has 1 amide bonds. The topological polar surface area (TPSA) is 116 Å². The fourth-order valence-corrected chi connectivity index (χ4v) is 3.32. The molecule has 8 nitrogen and oxygen atoms in total. The van der Waals surface area contributed by atoms with Crippen LogP contribution >= 0.6 is 15.9 Å². The van der Waals surface area contributed by atoms with Crippen molar-refractivity contribution in [1.29, 1.82) is 0 Å². The molecule has 0 spiro atoms. The Morgan fingerprint density at radius 3 is 2.44 bits per heavy atom. The number of carboxylic acids is 1. The van der Waals surface area contributed by atoms with Gasteiger partial charge in [0.1, 0.15) is 6.54 Å². The van der Waals surface area contributed by atoms with Crippen LogP contribution in [0.2, 0.25) is 0 Å². The Morgan fingerprint density at radius 2 is 1.89 bits per heavy atom. The maximum Gasteiger partial charge on any atom is 0.335 e. The van der Waals surface area contributed by atoms with Crippen molar-refractivity contribution in [3.8, 4) is 0 Å². The summed E-state index contributed by atoms with van der Waals surface area (Å²) in [5, 5.41) is 12.6. The van der Waals surface area contributed by atoms with E-state index in [9.17, 15) is 18.0 Å². The number of amides is 1. The van der Waals surface area contributed by atoms with Crippen LogP contribution in [0.5, 0.6) is 0 Å². The van der Waals surface area contributed by atoms with Gasteiger partial charge in [0.05, 0.1) is 23.7 Å². The molecular weight excluding hydrogens is 438 g/mol. The molecule has 0 heterocycles. The Morgan fingerprint density at radius 1 is 1.22 bits per heavy atom. The number of aromatic carboxylic acids is 1. The third-order valence-corrected chi connectivity index (χ3v) is 4.98. The standard InChI is InChI=1S/C17H16BrN3O5S/c1-27(25,26)21(15-4-2-3-14(18)9-15)11-16(22)20-19-10-12-5-7-13(8-6-12)17(23)24/h2-10H,11H2,1H3,(H,20,22)(H,23,24)/b19-10+. The predicted octanol–water partition coefficient (Wildman–Crippen LogP) is 2.06.